The van der Waals surface area contributed by atoms with Crippen LogP contribution in [0.25, 0.3) is 0 Å². The van der Waals surface area contributed by atoms with Gasteiger partial charge in [-0.15, -0.1) is 0 Å². The Balaban J connectivity index is 2.00. The second-order valence-corrected chi connectivity index (χ2v) is 6.18. The van der Waals surface area contributed by atoms with Crippen LogP contribution in [0.4, 0.5) is 0 Å². The molecule has 2 rings (SSSR count). The molecule has 1 aliphatic heterocycles. The molecule has 0 spiro atoms. The van der Waals surface area contributed by atoms with E-state index in [9.17, 15) is 4.79 Å². The molecule has 1 aromatic rings. The molecule has 1 fully saturated rings. The number of unbranched alkanes of at least 4 members (excludes halogenated alkanes) is 2. The summed E-state index contributed by atoms with van der Waals surface area (Å²) in [6, 6.07) is 2.26. The van der Waals surface area contributed by atoms with E-state index < -0.39 is 0 Å². The summed E-state index contributed by atoms with van der Waals surface area (Å²) in [5.41, 5.74) is 0.595. The Morgan fingerprint density at radius 3 is 2.68 bits per heavy atom. The fourth-order valence-electron chi connectivity index (χ4n) is 2.89. The predicted molar refractivity (Wildman–Crippen MR) is 89.1 cm³/mol. The third kappa shape index (κ3) is 4.57. The molecule has 1 unspecified atom stereocenters. The Morgan fingerprint density at radius 2 is 2.09 bits per heavy atom. The van der Waals surface area contributed by atoms with Gasteiger partial charge < -0.3 is 10.2 Å². The predicted octanol–water partition coefficient (Wildman–Crippen LogP) is 2.85. The van der Waals surface area contributed by atoms with Crippen molar-refractivity contribution < 1.29 is 4.79 Å². The van der Waals surface area contributed by atoms with E-state index in [4.69, 9.17) is 0 Å². The van der Waals surface area contributed by atoms with E-state index in [-0.39, 0.29) is 5.91 Å². The maximum Gasteiger partial charge on any atom is 0.274 e. The van der Waals surface area contributed by atoms with E-state index in [1.807, 2.05) is 21.8 Å². The van der Waals surface area contributed by atoms with Crippen LogP contribution in [0, 0.1) is 0 Å². The monoisotopic (exact) mass is 306 g/mol. The number of hydrogen-bond acceptors (Lipinski definition) is 3. The maximum absolute atomic E-state index is 12.7. The van der Waals surface area contributed by atoms with Crippen LogP contribution in [-0.4, -0.2) is 46.8 Å². The summed E-state index contributed by atoms with van der Waals surface area (Å²) >= 11 is 0. The van der Waals surface area contributed by atoms with Crippen molar-refractivity contribution in [1.82, 2.24) is 20.0 Å². The summed E-state index contributed by atoms with van der Waals surface area (Å²) < 4.78 is 1.97. The van der Waals surface area contributed by atoms with Crippen LogP contribution in [0.15, 0.2) is 12.3 Å². The second-order valence-electron chi connectivity index (χ2n) is 6.18. The summed E-state index contributed by atoms with van der Waals surface area (Å²) in [7, 11) is 0. The first kappa shape index (κ1) is 17.0. The van der Waals surface area contributed by atoms with E-state index in [1.54, 1.807) is 0 Å². The van der Waals surface area contributed by atoms with Crippen molar-refractivity contribution in [3.05, 3.63) is 18.0 Å². The zero-order valence-corrected chi connectivity index (χ0v) is 14.1. The van der Waals surface area contributed by atoms with Crippen molar-refractivity contribution in [2.45, 2.75) is 58.4 Å². The van der Waals surface area contributed by atoms with Crippen LogP contribution in [0.5, 0.6) is 0 Å². The van der Waals surface area contributed by atoms with Gasteiger partial charge in [0.25, 0.3) is 5.91 Å². The summed E-state index contributed by atoms with van der Waals surface area (Å²) in [5.74, 6) is 0.0874. The third-order valence-electron chi connectivity index (χ3n) is 4.32. The van der Waals surface area contributed by atoms with Crippen LogP contribution in [-0.2, 0) is 0 Å². The molecule has 1 amide bonds. The summed E-state index contributed by atoms with van der Waals surface area (Å²) in [6.07, 6.45) is 8.61. The largest absolute Gasteiger partial charge is 0.337 e. The number of nitrogens with zero attached hydrogens (tertiary/aromatic N) is 3. The molecule has 0 aliphatic carbocycles. The molecular weight excluding hydrogens is 276 g/mol. The Kier molecular flexibility index (Phi) is 6.90. The minimum atomic E-state index is 0.0874. The van der Waals surface area contributed by atoms with Crippen LogP contribution in [0.3, 0.4) is 0 Å². The zero-order valence-electron chi connectivity index (χ0n) is 14.1. The van der Waals surface area contributed by atoms with Crippen molar-refractivity contribution in [3.8, 4) is 0 Å². The molecule has 0 radical (unpaired) electrons. The molecule has 22 heavy (non-hydrogen) atoms. The van der Waals surface area contributed by atoms with Crippen LogP contribution < -0.4 is 5.32 Å². The van der Waals surface area contributed by atoms with Gasteiger partial charge in [0, 0.05) is 25.8 Å². The van der Waals surface area contributed by atoms with Gasteiger partial charge in [-0.05, 0) is 38.3 Å². The molecule has 0 aromatic carbocycles. The van der Waals surface area contributed by atoms with Gasteiger partial charge in [-0.1, -0.05) is 26.7 Å². The van der Waals surface area contributed by atoms with Crippen molar-refractivity contribution >= 4 is 5.91 Å². The molecule has 1 aliphatic rings. The number of piperidine rings is 1. The third-order valence-corrected chi connectivity index (χ3v) is 4.32. The summed E-state index contributed by atoms with van der Waals surface area (Å²) in [5, 5.41) is 7.95. The van der Waals surface area contributed by atoms with Gasteiger partial charge in [-0.2, -0.15) is 5.10 Å². The number of aromatic nitrogens is 2. The topological polar surface area (TPSA) is 50.2 Å². The lowest BCUT2D eigenvalue weighted by molar-refractivity contribution is 0.0743. The average molecular weight is 306 g/mol. The first-order chi connectivity index (χ1) is 10.8. The van der Waals surface area contributed by atoms with E-state index in [1.165, 1.54) is 6.42 Å². The molecule has 1 aromatic heterocycles. The first-order valence-corrected chi connectivity index (χ1v) is 8.81. The lowest BCUT2D eigenvalue weighted by atomic mass is 10.1. The minimum absolute atomic E-state index is 0.0874. The summed E-state index contributed by atoms with van der Waals surface area (Å²) in [6.45, 7) is 8.04. The smallest absolute Gasteiger partial charge is 0.274 e. The average Bonchev–Trinajstić information content (AvgIpc) is 3.05. The Labute approximate surface area is 134 Å². The summed E-state index contributed by atoms with van der Waals surface area (Å²) in [4.78, 5) is 14.7. The second kappa shape index (κ2) is 8.93. The highest BCUT2D eigenvalue weighted by atomic mass is 16.2. The number of carbonyl (C=O) groups excluding carboxylic acids is 1. The molecule has 1 N–H and O–H groups in total. The van der Waals surface area contributed by atoms with Crippen LogP contribution in [0.2, 0.25) is 0 Å². The highest BCUT2D eigenvalue weighted by molar-refractivity contribution is 5.92. The van der Waals surface area contributed by atoms with Gasteiger partial charge in [0.1, 0.15) is 5.69 Å². The Hall–Kier alpha value is -1.36. The van der Waals surface area contributed by atoms with E-state index in [0.29, 0.717) is 11.7 Å². The molecule has 124 valence electrons. The molecule has 1 atom stereocenters. The number of rotatable bonds is 8. The molecule has 5 nitrogen and oxygen atoms in total. The highest BCUT2D eigenvalue weighted by Gasteiger charge is 2.20. The van der Waals surface area contributed by atoms with Crippen molar-refractivity contribution in [2.24, 2.45) is 0 Å². The Morgan fingerprint density at radius 1 is 1.36 bits per heavy atom. The molecule has 5 heteroatoms. The maximum atomic E-state index is 12.7. The van der Waals surface area contributed by atoms with Crippen molar-refractivity contribution in [2.75, 3.05) is 26.2 Å². The normalized spacial score (nSPS) is 18.4. The number of amides is 1. The standard InChI is InChI=1S/C17H30N4O/c1-3-5-11-20(12-6-4-2)17(22)16-9-13-21(19-16)15-8-7-10-18-14-15/h9,13,15,18H,3-8,10-12,14H2,1-2H3. The van der Waals surface area contributed by atoms with Gasteiger partial charge >= 0.3 is 0 Å². The zero-order chi connectivity index (χ0) is 15.8. The van der Waals surface area contributed by atoms with E-state index >= 15 is 0 Å². The quantitative estimate of drug-likeness (QED) is 0.803. The molecule has 0 bridgehead atoms. The lowest BCUT2D eigenvalue weighted by Gasteiger charge is -2.23. The minimum Gasteiger partial charge on any atom is -0.337 e. The van der Waals surface area contributed by atoms with Crippen LogP contribution >= 0.6 is 0 Å². The number of nitrogens with one attached hydrogen (secondary N) is 1. The van der Waals surface area contributed by atoms with Gasteiger partial charge in [0.15, 0.2) is 0 Å². The van der Waals surface area contributed by atoms with Crippen molar-refractivity contribution in [1.29, 1.82) is 0 Å². The lowest BCUT2D eigenvalue weighted by Crippen LogP contribution is -2.34. The molecule has 1 saturated heterocycles. The fraction of sp³-hybridized carbons (Fsp3) is 0.765. The van der Waals surface area contributed by atoms with Gasteiger partial charge in [0.05, 0.1) is 6.04 Å². The molecule has 2 heterocycles. The van der Waals surface area contributed by atoms with Crippen molar-refractivity contribution in [3.63, 3.8) is 0 Å². The Bertz CT molecular complexity index is 443. The van der Waals surface area contributed by atoms with Gasteiger partial charge in [0.2, 0.25) is 0 Å². The van der Waals surface area contributed by atoms with Gasteiger partial charge in [-0.3, -0.25) is 9.48 Å². The van der Waals surface area contributed by atoms with E-state index in [2.05, 4.69) is 24.3 Å². The van der Waals surface area contributed by atoms with Gasteiger partial charge in [-0.25, -0.2) is 0 Å². The first-order valence-electron chi connectivity index (χ1n) is 8.81. The van der Waals surface area contributed by atoms with E-state index in [0.717, 1.165) is 58.3 Å². The molecular formula is C17H30N4O. The SMILES string of the molecule is CCCCN(CCCC)C(=O)c1ccn(C2CCCNC2)n1. The fourth-order valence-corrected chi connectivity index (χ4v) is 2.89. The molecule has 0 saturated carbocycles. The van der Waals surface area contributed by atoms with Crippen LogP contribution in [0.1, 0.15) is 68.9 Å². The number of carbonyl (C=O) groups is 1. The number of hydrogen-bond donors (Lipinski definition) is 1. The highest BCUT2D eigenvalue weighted by Crippen LogP contribution is 2.16.